The lowest BCUT2D eigenvalue weighted by atomic mass is 10.1. The molecule has 0 spiro atoms. The summed E-state index contributed by atoms with van der Waals surface area (Å²) >= 11 is 0. The molecule has 2 N–H and O–H groups in total. The standard InChI is InChI=1S/C25H26N6O4/c1-4-29-15-26-22-21(29)24(34)31(25(35)30(22)13-18-8-6-5-7-9-18)14-20(32)27-28-23(33)19-11-10-16(2)12-17(19)3/h5-12,15H,4,13-14H2,1-3H3,(H,27,32)(H,28,33). The molecule has 0 bridgehead atoms. The molecule has 35 heavy (non-hydrogen) atoms. The maximum absolute atomic E-state index is 13.3. The van der Waals surface area contributed by atoms with E-state index in [4.69, 9.17) is 0 Å². The highest BCUT2D eigenvalue weighted by atomic mass is 16.2. The van der Waals surface area contributed by atoms with Gasteiger partial charge in [-0.3, -0.25) is 29.8 Å². The van der Waals surface area contributed by atoms with Crippen LogP contribution in [0.4, 0.5) is 0 Å². The highest BCUT2D eigenvalue weighted by Gasteiger charge is 2.20. The van der Waals surface area contributed by atoms with Gasteiger partial charge in [-0.05, 0) is 38.0 Å². The van der Waals surface area contributed by atoms with E-state index in [0.29, 0.717) is 12.1 Å². The summed E-state index contributed by atoms with van der Waals surface area (Å²) in [5.41, 5.74) is 6.87. The van der Waals surface area contributed by atoms with Crippen LogP contribution in [0.5, 0.6) is 0 Å². The van der Waals surface area contributed by atoms with Crippen LogP contribution < -0.4 is 22.1 Å². The minimum atomic E-state index is -0.713. The van der Waals surface area contributed by atoms with Gasteiger partial charge in [0.15, 0.2) is 11.2 Å². The van der Waals surface area contributed by atoms with Crippen molar-refractivity contribution in [2.45, 2.75) is 40.4 Å². The zero-order valence-corrected chi connectivity index (χ0v) is 19.7. The Morgan fingerprint density at radius 2 is 1.71 bits per heavy atom. The Balaban J connectivity index is 1.63. The number of hydrogen-bond acceptors (Lipinski definition) is 5. The van der Waals surface area contributed by atoms with Crippen molar-refractivity contribution in [2.75, 3.05) is 0 Å². The van der Waals surface area contributed by atoms with Gasteiger partial charge in [0.05, 0.1) is 12.9 Å². The predicted molar refractivity (Wildman–Crippen MR) is 131 cm³/mol. The third-order valence-corrected chi connectivity index (χ3v) is 5.75. The van der Waals surface area contributed by atoms with Crippen molar-refractivity contribution in [3.63, 3.8) is 0 Å². The zero-order valence-electron chi connectivity index (χ0n) is 19.7. The fraction of sp³-hybridized carbons (Fsp3) is 0.240. The first-order valence-corrected chi connectivity index (χ1v) is 11.2. The molecular weight excluding hydrogens is 448 g/mol. The maximum Gasteiger partial charge on any atom is 0.333 e. The van der Waals surface area contributed by atoms with E-state index in [-0.39, 0.29) is 17.7 Å². The van der Waals surface area contributed by atoms with Gasteiger partial charge in [-0.1, -0.05) is 48.0 Å². The smallest absolute Gasteiger partial charge is 0.325 e. The molecular formula is C25H26N6O4. The van der Waals surface area contributed by atoms with Crippen molar-refractivity contribution >= 4 is 23.0 Å². The Bertz CT molecular complexity index is 1530. The summed E-state index contributed by atoms with van der Waals surface area (Å²) in [6.45, 7) is 5.65. The van der Waals surface area contributed by atoms with Gasteiger partial charge in [0.1, 0.15) is 6.54 Å². The van der Waals surface area contributed by atoms with Crippen LogP contribution >= 0.6 is 0 Å². The van der Waals surface area contributed by atoms with Gasteiger partial charge in [0, 0.05) is 12.1 Å². The lowest BCUT2D eigenvalue weighted by molar-refractivity contribution is -0.122. The molecule has 0 radical (unpaired) electrons. The quantitative estimate of drug-likeness (QED) is 0.411. The summed E-state index contributed by atoms with van der Waals surface area (Å²) in [4.78, 5) is 55.9. The van der Waals surface area contributed by atoms with Crippen LogP contribution in [-0.4, -0.2) is 30.5 Å². The summed E-state index contributed by atoms with van der Waals surface area (Å²) in [5, 5.41) is 0. The van der Waals surface area contributed by atoms with E-state index >= 15 is 0 Å². The number of imidazole rings is 1. The monoisotopic (exact) mass is 474 g/mol. The Kier molecular flexibility index (Phi) is 6.63. The summed E-state index contributed by atoms with van der Waals surface area (Å²) in [6, 6.07) is 14.6. The van der Waals surface area contributed by atoms with E-state index in [1.165, 1.54) is 10.9 Å². The molecule has 2 aromatic heterocycles. The number of nitrogens with zero attached hydrogens (tertiary/aromatic N) is 4. The molecule has 4 aromatic rings. The number of aryl methyl sites for hydroxylation is 3. The van der Waals surface area contributed by atoms with E-state index in [1.807, 2.05) is 50.2 Å². The highest BCUT2D eigenvalue weighted by Crippen LogP contribution is 2.11. The average Bonchev–Trinajstić information content (AvgIpc) is 3.28. The first-order valence-electron chi connectivity index (χ1n) is 11.2. The number of carbonyl (C=O) groups excluding carboxylic acids is 2. The lowest BCUT2D eigenvalue weighted by Crippen LogP contribution is -2.48. The molecule has 0 unspecified atom stereocenters. The van der Waals surface area contributed by atoms with Crippen LogP contribution in [0.15, 0.2) is 64.4 Å². The number of hydrazine groups is 1. The van der Waals surface area contributed by atoms with Gasteiger partial charge < -0.3 is 4.57 Å². The van der Waals surface area contributed by atoms with Crippen LogP contribution in [0.3, 0.4) is 0 Å². The van der Waals surface area contributed by atoms with Gasteiger partial charge in [-0.25, -0.2) is 14.3 Å². The molecule has 0 saturated carbocycles. The number of aromatic nitrogens is 4. The molecule has 180 valence electrons. The van der Waals surface area contributed by atoms with Gasteiger partial charge in [0.2, 0.25) is 0 Å². The van der Waals surface area contributed by atoms with Crippen molar-refractivity contribution in [3.8, 4) is 0 Å². The topological polar surface area (TPSA) is 120 Å². The van der Waals surface area contributed by atoms with Gasteiger partial charge >= 0.3 is 5.69 Å². The van der Waals surface area contributed by atoms with E-state index in [2.05, 4.69) is 15.8 Å². The Hall–Kier alpha value is -4.47. The first-order chi connectivity index (χ1) is 16.8. The molecule has 2 amide bonds. The molecule has 2 aromatic carbocycles. The fourth-order valence-corrected chi connectivity index (χ4v) is 3.97. The molecule has 10 nitrogen and oxygen atoms in total. The maximum atomic E-state index is 13.3. The molecule has 4 rings (SSSR count). The van der Waals surface area contributed by atoms with Crippen molar-refractivity contribution in [2.24, 2.45) is 0 Å². The summed E-state index contributed by atoms with van der Waals surface area (Å²) < 4.78 is 3.87. The average molecular weight is 475 g/mol. The van der Waals surface area contributed by atoms with Gasteiger partial charge in [0.25, 0.3) is 17.4 Å². The summed E-state index contributed by atoms with van der Waals surface area (Å²) in [7, 11) is 0. The molecule has 0 aliphatic rings. The van der Waals surface area contributed by atoms with Crippen molar-refractivity contribution in [1.29, 1.82) is 0 Å². The number of rotatable bonds is 6. The molecule has 10 heteroatoms. The molecule has 0 atom stereocenters. The Morgan fingerprint density at radius 1 is 0.971 bits per heavy atom. The second-order valence-electron chi connectivity index (χ2n) is 8.27. The van der Waals surface area contributed by atoms with E-state index in [1.54, 1.807) is 23.6 Å². The minimum Gasteiger partial charge on any atom is -0.325 e. The van der Waals surface area contributed by atoms with E-state index in [0.717, 1.165) is 21.3 Å². The van der Waals surface area contributed by atoms with Crippen molar-refractivity contribution < 1.29 is 9.59 Å². The predicted octanol–water partition coefficient (Wildman–Crippen LogP) is 1.51. The SMILES string of the molecule is CCn1cnc2c1c(=O)n(CC(=O)NNC(=O)c1ccc(C)cc1C)c(=O)n2Cc1ccccc1. The third-order valence-electron chi connectivity index (χ3n) is 5.75. The first kappa shape index (κ1) is 23.7. The van der Waals surface area contributed by atoms with Crippen LogP contribution in [0, 0.1) is 13.8 Å². The van der Waals surface area contributed by atoms with Crippen LogP contribution in [0.1, 0.15) is 34.0 Å². The molecule has 0 fully saturated rings. The number of fused-ring (bicyclic) bond motifs is 1. The number of benzene rings is 2. The highest BCUT2D eigenvalue weighted by molar-refractivity contribution is 5.96. The van der Waals surface area contributed by atoms with Crippen molar-refractivity contribution in [1.82, 2.24) is 29.5 Å². The number of amides is 2. The number of hydrogen-bond donors (Lipinski definition) is 2. The Morgan fingerprint density at radius 3 is 2.40 bits per heavy atom. The molecule has 0 aliphatic heterocycles. The summed E-state index contributed by atoms with van der Waals surface area (Å²) in [6.07, 6.45) is 1.50. The molecule has 2 heterocycles. The normalized spacial score (nSPS) is 10.9. The zero-order chi connectivity index (χ0) is 25.1. The molecule has 0 aliphatic carbocycles. The second-order valence-corrected chi connectivity index (χ2v) is 8.27. The van der Waals surface area contributed by atoms with Gasteiger partial charge in [-0.2, -0.15) is 0 Å². The fourth-order valence-electron chi connectivity index (χ4n) is 3.97. The van der Waals surface area contributed by atoms with Crippen LogP contribution in [-0.2, 0) is 24.4 Å². The number of nitrogens with one attached hydrogen (secondary N) is 2. The summed E-state index contributed by atoms with van der Waals surface area (Å²) in [5.74, 6) is -1.21. The third kappa shape index (κ3) is 4.77. The van der Waals surface area contributed by atoms with Crippen molar-refractivity contribution in [3.05, 3.63) is 98.0 Å². The largest absolute Gasteiger partial charge is 0.333 e. The van der Waals surface area contributed by atoms with E-state index < -0.39 is 29.6 Å². The molecule has 0 saturated heterocycles. The second kappa shape index (κ2) is 9.80. The minimum absolute atomic E-state index is 0.183. The van der Waals surface area contributed by atoms with E-state index in [9.17, 15) is 19.2 Å². The number of carbonyl (C=O) groups is 2. The van der Waals surface area contributed by atoms with Crippen LogP contribution in [0.25, 0.3) is 11.2 Å². The lowest BCUT2D eigenvalue weighted by Gasteiger charge is -2.13. The van der Waals surface area contributed by atoms with Gasteiger partial charge in [-0.15, -0.1) is 0 Å². The van der Waals surface area contributed by atoms with Crippen LogP contribution in [0.2, 0.25) is 0 Å². The Labute approximate surface area is 200 Å².